The van der Waals surface area contributed by atoms with Crippen molar-refractivity contribution >= 4 is 34.6 Å². The molecule has 33 heavy (non-hydrogen) atoms. The van der Waals surface area contributed by atoms with Crippen molar-refractivity contribution in [2.75, 3.05) is 4.90 Å². The van der Waals surface area contributed by atoms with Gasteiger partial charge in [0.25, 0.3) is 0 Å². The molecular weight excluding hydrogens is 448 g/mol. The fourth-order valence-corrected chi connectivity index (χ4v) is 5.31. The van der Waals surface area contributed by atoms with Crippen LogP contribution in [0, 0.1) is 20.8 Å². The van der Waals surface area contributed by atoms with Crippen LogP contribution in [-0.4, -0.2) is 14.7 Å². The van der Waals surface area contributed by atoms with Crippen molar-refractivity contribution in [3.05, 3.63) is 112 Å². The molecule has 0 spiro atoms. The summed E-state index contributed by atoms with van der Waals surface area (Å²) in [6.45, 7) is 6.36. The first-order chi connectivity index (χ1) is 16.0. The summed E-state index contributed by atoms with van der Waals surface area (Å²) in [7, 11) is 0. The summed E-state index contributed by atoms with van der Waals surface area (Å²) in [6, 6.07) is 24.6. The minimum absolute atomic E-state index is 0.0578. The molecular formula is C27H25ClN4S. The number of rotatable bonds is 4. The van der Waals surface area contributed by atoms with Crippen molar-refractivity contribution in [2.45, 2.75) is 32.9 Å². The Labute approximate surface area is 204 Å². The summed E-state index contributed by atoms with van der Waals surface area (Å²) in [5.74, 6) is 0. The third kappa shape index (κ3) is 3.81. The van der Waals surface area contributed by atoms with Gasteiger partial charge in [-0.1, -0.05) is 47.5 Å². The van der Waals surface area contributed by atoms with E-state index in [1.54, 1.807) is 0 Å². The van der Waals surface area contributed by atoms with E-state index in [0.717, 1.165) is 33.5 Å². The van der Waals surface area contributed by atoms with Crippen LogP contribution in [0.25, 0.3) is 5.69 Å². The third-order valence-corrected chi connectivity index (χ3v) is 6.93. The van der Waals surface area contributed by atoms with Gasteiger partial charge < -0.3 is 14.8 Å². The average Bonchev–Trinajstić information content (AvgIpc) is 3.31. The van der Waals surface area contributed by atoms with Crippen molar-refractivity contribution in [3.63, 3.8) is 0 Å². The van der Waals surface area contributed by atoms with Gasteiger partial charge in [-0.25, -0.2) is 0 Å². The Morgan fingerprint density at radius 2 is 1.67 bits per heavy atom. The minimum atomic E-state index is -0.0831. The second kappa shape index (κ2) is 8.65. The molecule has 0 amide bonds. The number of benzene rings is 2. The highest BCUT2D eigenvalue weighted by Gasteiger charge is 2.42. The second-order valence-corrected chi connectivity index (χ2v) is 9.24. The van der Waals surface area contributed by atoms with Crippen LogP contribution < -0.4 is 10.2 Å². The summed E-state index contributed by atoms with van der Waals surface area (Å²) in [6.07, 6.45) is 1.83. The molecule has 1 N–H and O–H groups in total. The number of halogens is 1. The summed E-state index contributed by atoms with van der Waals surface area (Å²) in [5.41, 5.74) is 7.66. The van der Waals surface area contributed by atoms with Gasteiger partial charge in [-0.15, -0.1) is 0 Å². The van der Waals surface area contributed by atoms with Gasteiger partial charge in [-0.05, 0) is 81.0 Å². The topological polar surface area (TPSA) is 33.1 Å². The third-order valence-electron chi connectivity index (χ3n) is 6.29. The van der Waals surface area contributed by atoms with Crippen LogP contribution in [0.5, 0.6) is 0 Å². The highest BCUT2D eigenvalue weighted by Crippen LogP contribution is 2.44. The number of hydrogen-bond donors (Lipinski definition) is 1. The van der Waals surface area contributed by atoms with Gasteiger partial charge in [0.15, 0.2) is 5.11 Å². The van der Waals surface area contributed by atoms with E-state index >= 15 is 0 Å². The molecule has 0 bridgehead atoms. The molecule has 5 rings (SSSR count). The number of nitrogens with one attached hydrogen (secondary N) is 1. The zero-order valence-corrected chi connectivity index (χ0v) is 20.4. The Kier molecular flexibility index (Phi) is 5.69. The number of nitrogens with zero attached hydrogens (tertiary/aromatic N) is 3. The fraction of sp³-hybridized carbons (Fsp3) is 0.185. The Balaban J connectivity index is 1.69. The van der Waals surface area contributed by atoms with Crippen LogP contribution in [0.2, 0.25) is 5.02 Å². The fourth-order valence-electron chi connectivity index (χ4n) is 4.75. The largest absolute Gasteiger partial charge is 0.351 e. The van der Waals surface area contributed by atoms with Crippen molar-refractivity contribution in [1.82, 2.24) is 14.9 Å². The van der Waals surface area contributed by atoms with E-state index in [2.05, 4.69) is 83.0 Å². The van der Waals surface area contributed by atoms with E-state index in [4.69, 9.17) is 23.8 Å². The molecule has 4 nitrogen and oxygen atoms in total. The normalized spacial score (nSPS) is 17.9. The highest BCUT2D eigenvalue weighted by molar-refractivity contribution is 7.80. The molecule has 1 fully saturated rings. The first kappa shape index (κ1) is 21.7. The molecule has 1 aliphatic rings. The van der Waals surface area contributed by atoms with Crippen molar-refractivity contribution < 1.29 is 0 Å². The molecule has 3 heterocycles. The lowest BCUT2D eigenvalue weighted by Crippen LogP contribution is -2.29. The summed E-state index contributed by atoms with van der Waals surface area (Å²) >= 11 is 12.5. The molecule has 6 heteroatoms. The first-order valence-electron chi connectivity index (χ1n) is 11.0. The summed E-state index contributed by atoms with van der Waals surface area (Å²) in [5, 5.41) is 4.97. The lowest BCUT2D eigenvalue weighted by molar-refractivity contribution is 0.565. The van der Waals surface area contributed by atoms with E-state index in [1.165, 1.54) is 11.1 Å². The maximum absolute atomic E-state index is 6.58. The molecule has 0 saturated carbocycles. The maximum Gasteiger partial charge on any atom is 0.174 e. The van der Waals surface area contributed by atoms with E-state index < -0.39 is 0 Å². The van der Waals surface area contributed by atoms with Crippen LogP contribution in [-0.2, 0) is 0 Å². The quantitative estimate of drug-likeness (QED) is 0.338. The summed E-state index contributed by atoms with van der Waals surface area (Å²) < 4.78 is 2.22. The van der Waals surface area contributed by atoms with Gasteiger partial charge in [-0.2, -0.15) is 0 Å². The van der Waals surface area contributed by atoms with Crippen LogP contribution in [0.4, 0.5) is 5.69 Å². The van der Waals surface area contributed by atoms with Crippen LogP contribution >= 0.6 is 23.8 Å². The van der Waals surface area contributed by atoms with E-state index in [-0.39, 0.29) is 12.1 Å². The number of hydrogen-bond acceptors (Lipinski definition) is 2. The molecule has 4 aromatic rings. The molecule has 0 radical (unpaired) electrons. The Bertz CT molecular complexity index is 1310. The molecule has 0 aliphatic carbocycles. The second-order valence-electron chi connectivity index (χ2n) is 8.45. The number of anilines is 1. The van der Waals surface area contributed by atoms with Gasteiger partial charge in [0, 0.05) is 23.3 Å². The van der Waals surface area contributed by atoms with Gasteiger partial charge in [0.2, 0.25) is 0 Å². The average molecular weight is 473 g/mol. The number of thiocarbonyl (C=S) groups is 1. The first-order valence-corrected chi connectivity index (χ1v) is 11.8. The molecule has 0 unspecified atom stereocenters. The zero-order chi connectivity index (χ0) is 23.1. The molecule has 166 valence electrons. The predicted molar refractivity (Wildman–Crippen MR) is 139 cm³/mol. The van der Waals surface area contributed by atoms with Gasteiger partial charge in [0.1, 0.15) is 0 Å². The minimum Gasteiger partial charge on any atom is -0.351 e. The van der Waals surface area contributed by atoms with Gasteiger partial charge >= 0.3 is 0 Å². The Hall–Kier alpha value is -3.15. The van der Waals surface area contributed by atoms with Crippen molar-refractivity contribution in [1.29, 1.82) is 0 Å². The number of pyridine rings is 1. The smallest absolute Gasteiger partial charge is 0.174 e. The SMILES string of the molecule is Cc1ccc(N2C(=S)N[C@@H](c3ccccn3)[C@@H]2c2cc(C)n(-c3ccccc3Cl)c2C)cc1. The molecule has 1 aliphatic heterocycles. The highest BCUT2D eigenvalue weighted by atomic mass is 35.5. The van der Waals surface area contributed by atoms with E-state index in [9.17, 15) is 0 Å². The Morgan fingerprint density at radius 3 is 2.36 bits per heavy atom. The predicted octanol–water partition coefficient (Wildman–Crippen LogP) is 6.63. The Morgan fingerprint density at radius 1 is 0.939 bits per heavy atom. The maximum atomic E-state index is 6.58. The molecule has 1 saturated heterocycles. The molecule has 2 aromatic heterocycles. The number of aryl methyl sites for hydroxylation is 2. The monoisotopic (exact) mass is 472 g/mol. The van der Waals surface area contributed by atoms with Crippen molar-refractivity contribution in [3.8, 4) is 5.69 Å². The molecule has 2 aromatic carbocycles. The van der Waals surface area contributed by atoms with Crippen LogP contribution in [0.15, 0.2) is 79.0 Å². The zero-order valence-electron chi connectivity index (χ0n) is 18.8. The lowest BCUT2D eigenvalue weighted by Gasteiger charge is -2.28. The molecule has 2 atom stereocenters. The standard InChI is InChI=1S/C27H25ClN4S/c1-17-11-13-20(14-12-17)32-26(25(30-27(32)33)23-9-6-7-15-29-23)21-16-18(2)31(19(21)3)24-10-5-4-8-22(24)28/h4-16,25-26H,1-3H3,(H,30,33)/t25-,26-/m0/s1. The van der Waals surface area contributed by atoms with Crippen LogP contribution in [0.3, 0.4) is 0 Å². The van der Waals surface area contributed by atoms with E-state index in [1.807, 2.05) is 36.5 Å². The van der Waals surface area contributed by atoms with Crippen LogP contribution in [0.1, 0.15) is 40.3 Å². The number of para-hydroxylation sites is 1. The van der Waals surface area contributed by atoms with Crippen molar-refractivity contribution in [2.24, 2.45) is 0 Å². The summed E-state index contributed by atoms with van der Waals surface area (Å²) in [4.78, 5) is 6.88. The lowest BCUT2D eigenvalue weighted by atomic mass is 9.96. The van der Waals surface area contributed by atoms with Gasteiger partial charge in [-0.3, -0.25) is 4.98 Å². The van der Waals surface area contributed by atoms with E-state index in [0.29, 0.717) is 5.11 Å². The van der Waals surface area contributed by atoms with Gasteiger partial charge in [0.05, 0.1) is 28.5 Å². The number of aromatic nitrogens is 2.